The number of fused-ring (bicyclic) bond motifs is 2. The van der Waals surface area contributed by atoms with Crippen LogP contribution >= 0.6 is 0 Å². The molecule has 8 rings (SSSR count). The van der Waals surface area contributed by atoms with Gasteiger partial charge < -0.3 is 30.5 Å². The Morgan fingerprint density at radius 3 is 2.24 bits per heavy atom. The number of aryl methyl sites for hydroxylation is 1. The summed E-state index contributed by atoms with van der Waals surface area (Å²) in [6.45, 7) is 11.7. The lowest BCUT2D eigenvalue weighted by Gasteiger charge is -2.38. The van der Waals surface area contributed by atoms with Gasteiger partial charge in [0.15, 0.2) is 17.9 Å². The number of carbonyl (C=O) groups is 3. The van der Waals surface area contributed by atoms with E-state index in [0.717, 1.165) is 34.9 Å². The van der Waals surface area contributed by atoms with Crippen molar-refractivity contribution in [3.63, 3.8) is 0 Å². The predicted octanol–water partition coefficient (Wildman–Crippen LogP) is 7.21. The molecule has 0 bridgehead atoms. The molecule has 1 saturated heterocycles. The number of nitrogens with one attached hydrogen (secondary N) is 2. The number of hydrogen-bond acceptors (Lipinski definition) is 9. The largest absolute Gasteiger partial charge is 0.400 e. The second kappa shape index (κ2) is 24.1. The van der Waals surface area contributed by atoms with Gasteiger partial charge >= 0.3 is 0 Å². The van der Waals surface area contributed by atoms with E-state index in [1.54, 1.807) is 11.7 Å². The molecule has 4 N–H and O–H groups in total. The molecule has 3 amide bonds. The molecule has 388 valence electrons. The number of aliphatic hydroxyl groups is 2. The number of amides is 3. The van der Waals surface area contributed by atoms with Crippen LogP contribution < -0.4 is 20.8 Å². The molecular formula is C59H71N8O7+. The van der Waals surface area contributed by atoms with Gasteiger partial charge in [-0.1, -0.05) is 130 Å². The van der Waals surface area contributed by atoms with Crippen molar-refractivity contribution in [3.05, 3.63) is 161 Å². The van der Waals surface area contributed by atoms with Crippen LogP contribution in [-0.2, 0) is 45.8 Å². The van der Waals surface area contributed by atoms with Crippen LogP contribution in [0.5, 0.6) is 0 Å². The smallest absolute Gasteiger partial charge is 0.286 e. The van der Waals surface area contributed by atoms with Crippen molar-refractivity contribution < 1.29 is 33.9 Å². The van der Waals surface area contributed by atoms with Gasteiger partial charge in [0.2, 0.25) is 18.4 Å². The van der Waals surface area contributed by atoms with Crippen LogP contribution in [0.2, 0.25) is 0 Å². The first-order chi connectivity index (χ1) is 35.5. The first-order valence-corrected chi connectivity index (χ1v) is 25.3. The topological polar surface area (TPSA) is 185 Å². The zero-order valence-corrected chi connectivity index (χ0v) is 43.8. The summed E-state index contributed by atoms with van der Waals surface area (Å²) in [5.41, 5.74) is 3.46. The molecular weight excluding hydrogens is 933 g/mol. The monoisotopic (exact) mass is 1000 g/mol. The number of rotatable bonds is 19. The number of nitrogens with zero attached hydrogens (tertiary/aromatic N) is 6. The third kappa shape index (κ3) is 13.8. The zero-order chi connectivity index (χ0) is 53.0. The van der Waals surface area contributed by atoms with E-state index < -0.39 is 16.6 Å². The lowest BCUT2D eigenvalue weighted by Crippen LogP contribution is -2.49. The Labute approximate surface area is 433 Å². The van der Waals surface area contributed by atoms with E-state index in [-0.39, 0.29) is 47.8 Å². The second-order valence-electron chi connectivity index (χ2n) is 20.6. The Balaban J connectivity index is 0.00000395. The van der Waals surface area contributed by atoms with Gasteiger partial charge in [-0.05, 0) is 72.1 Å². The van der Waals surface area contributed by atoms with Gasteiger partial charge in [-0.2, -0.15) is 9.67 Å². The Kier molecular flexibility index (Phi) is 17.8. The minimum atomic E-state index is -1.17. The molecule has 15 nitrogen and oxygen atoms in total. The number of piperidine rings is 1. The molecule has 0 radical (unpaired) electrons. The SMILES string of the molecule is CC(CC(=O)N1CCC(O)(Cn2cnc3c(-c4ccc(CNC(=O)C(C)(C)CCOC(C)(C)CNC(=O)C[n+]5ccc(/C=C/c6cccc7ccccc67)cc5)cc4)n(C)nc3c2=O)CC1)c1ccccc1.CO. The van der Waals surface area contributed by atoms with E-state index in [2.05, 4.69) is 63.2 Å². The number of aliphatic hydroxyl groups excluding tert-OH is 1. The molecule has 7 aromatic rings. The molecule has 1 fully saturated rings. The maximum Gasteiger partial charge on any atom is 0.286 e. The Morgan fingerprint density at radius 1 is 0.851 bits per heavy atom. The van der Waals surface area contributed by atoms with Crippen molar-refractivity contribution in [3.8, 4) is 11.3 Å². The Hall–Kier alpha value is -7.33. The Bertz CT molecular complexity index is 3110. The van der Waals surface area contributed by atoms with Crippen LogP contribution in [0.1, 0.15) is 88.5 Å². The molecule has 0 saturated carbocycles. The van der Waals surface area contributed by atoms with Crippen molar-refractivity contribution in [2.75, 3.05) is 33.4 Å². The average molecular weight is 1000 g/mol. The highest BCUT2D eigenvalue weighted by Crippen LogP contribution is 2.29. The van der Waals surface area contributed by atoms with Crippen LogP contribution in [0.15, 0.2) is 133 Å². The first-order valence-electron chi connectivity index (χ1n) is 25.3. The summed E-state index contributed by atoms with van der Waals surface area (Å²) in [5.74, 6) is -0.0810. The van der Waals surface area contributed by atoms with Crippen LogP contribution in [0, 0.1) is 5.41 Å². The first kappa shape index (κ1) is 54.4. The number of likely N-dealkylation sites (tertiary alicyclic amines) is 1. The number of hydrogen-bond donors (Lipinski definition) is 4. The highest BCUT2D eigenvalue weighted by atomic mass is 16.5. The summed E-state index contributed by atoms with van der Waals surface area (Å²) < 4.78 is 11.1. The Morgan fingerprint density at radius 2 is 1.53 bits per heavy atom. The van der Waals surface area contributed by atoms with Crippen molar-refractivity contribution in [1.29, 1.82) is 0 Å². The van der Waals surface area contributed by atoms with E-state index in [1.165, 1.54) is 21.7 Å². The lowest BCUT2D eigenvalue weighted by atomic mass is 9.88. The molecule has 15 heteroatoms. The standard InChI is InChI=1S/C58H66N8O6.CH4O/c1-41(44-13-8-7-9-14-44)35-50(68)65-32-27-58(71,28-33-65)39-66-40-61-51-52(54(66)69)62-63(6)53(51)47-23-20-43(21-24-47)36-59-55(70)56(2,3)29-34-72-57(4,5)38-60-49(67)37-64-30-25-42(26-31-64)19-22-46-17-12-16-45-15-10-11-18-48(45)46;1-2/h7-26,30-31,40-41,71H,27-29,32-39H2,1-6H3,(H-,59,60,67,70);2H,1H3/p+1/b22-19+;. The highest BCUT2D eigenvalue weighted by Gasteiger charge is 2.35. The minimum absolute atomic E-state index is 0.0506. The number of benzene rings is 4. The predicted molar refractivity (Wildman–Crippen MR) is 289 cm³/mol. The summed E-state index contributed by atoms with van der Waals surface area (Å²) in [6.07, 6.45) is 11.0. The van der Waals surface area contributed by atoms with E-state index in [9.17, 15) is 24.3 Å². The van der Waals surface area contributed by atoms with E-state index in [4.69, 9.17) is 9.84 Å². The summed E-state index contributed by atoms with van der Waals surface area (Å²) in [7, 11) is 2.77. The number of aromatic nitrogens is 5. The van der Waals surface area contributed by atoms with E-state index >= 15 is 0 Å². The van der Waals surface area contributed by atoms with Gasteiger partial charge in [0.05, 0.1) is 29.8 Å². The molecule has 0 spiro atoms. The van der Waals surface area contributed by atoms with E-state index in [0.29, 0.717) is 69.7 Å². The van der Waals surface area contributed by atoms with Crippen LogP contribution in [-0.4, -0.2) is 96.7 Å². The maximum atomic E-state index is 13.8. The molecule has 1 aliphatic rings. The fraction of sp³-hybridized carbons (Fsp3) is 0.373. The summed E-state index contributed by atoms with van der Waals surface area (Å²) in [6, 6.07) is 36.2. The summed E-state index contributed by atoms with van der Waals surface area (Å²) in [4.78, 5) is 59.7. The number of pyridine rings is 1. The van der Waals surface area contributed by atoms with E-state index in [1.807, 2.05) is 135 Å². The van der Waals surface area contributed by atoms with Gasteiger partial charge in [0.25, 0.3) is 11.5 Å². The number of carbonyl (C=O) groups excluding carboxylic acids is 3. The van der Waals surface area contributed by atoms with Crippen molar-refractivity contribution in [1.82, 2.24) is 34.9 Å². The highest BCUT2D eigenvalue weighted by molar-refractivity contribution is 5.93. The third-order valence-corrected chi connectivity index (χ3v) is 13.9. The summed E-state index contributed by atoms with van der Waals surface area (Å²) in [5, 5.41) is 31.6. The second-order valence-corrected chi connectivity index (χ2v) is 20.6. The van der Waals surface area contributed by atoms with Gasteiger partial charge in [-0.3, -0.25) is 28.4 Å². The molecule has 4 heterocycles. The molecule has 3 aromatic heterocycles. The quantitative estimate of drug-likeness (QED) is 0.0609. The molecule has 4 aromatic carbocycles. The zero-order valence-electron chi connectivity index (χ0n) is 43.8. The van der Waals surface area contributed by atoms with Crippen molar-refractivity contribution in [2.24, 2.45) is 12.5 Å². The minimum Gasteiger partial charge on any atom is -0.400 e. The van der Waals surface area contributed by atoms with Crippen LogP contribution in [0.3, 0.4) is 0 Å². The summed E-state index contributed by atoms with van der Waals surface area (Å²) >= 11 is 0. The molecule has 74 heavy (non-hydrogen) atoms. The van der Waals surface area contributed by atoms with Crippen molar-refractivity contribution >= 4 is 51.7 Å². The average Bonchev–Trinajstić information content (AvgIpc) is 3.75. The fourth-order valence-electron chi connectivity index (χ4n) is 9.22. The normalized spacial score (nSPS) is 14.1. The third-order valence-electron chi connectivity index (χ3n) is 13.9. The van der Waals surface area contributed by atoms with Crippen molar-refractivity contribution in [2.45, 2.75) is 97.1 Å². The lowest BCUT2D eigenvalue weighted by molar-refractivity contribution is -0.684. The molecule has 1 aliphatic heterocycles. The maximum absolute atomic E-state index is 13.8. The van der Waals surface area contributed by atoms with Gasteiger partial charge in [-0.25, -0.2) is 4.98 Å². The fourth-order valence-corrected chi connectivity index (χ4v) is 9.22. The van der Waals surface area contributed by atoms with Gasteiger partial charge in [-0.15, -0.1) is 0 Å². The molecule has 0 aliphatic carbocycles. The van der Waals surface area contributed by atoms with Gasteiger partial charge in [0.1, 0.15) is 5.52 Å². The molecule has 1 atom stereocenters. The van der Waals surface area contributed by atoms with Crippen LogP contribution in [0.4, 0.5) is 0 Å². The molecule has 1 unspecified atom stereocenters. The van der Waals surface area contributed by atoms with Gasteiger partial charge in [0, 0.05) is 76.5 Å². The van der Waals surface area contributed by atoms with Crippen LogP contribution in [0.25, 0.3) is 45.2 Å². The number of ether oxygens (including phenoxy) is 1.